The van der Waals surface area contributed by atoms with Gasteiger partial charge in [-0.15, -0.1) is 0 Å². The Morgan fingerprint density at radius 1 is 0.900 bits per heavy atom. The van der Waals surface area contributed by atoms with Gasteiger partial charge in [-0.1, -0.05) is 12.1 Å². The SMILES string of the molecule is Nc1ccc(CNc2ccc(N3CCCC3)cc2)cc1. The van der Waals surface area contributed by atoms with Crippen LogP contribution in [0.5, 0.6) is 0 Å². The molecule has 3 N–H and O–H groups in total. The zero-order valence-electron chi connectivity index (χ0n) is 11.7. The van der Waals surface area contributed by atoms with E-state index in [0.717, 1.165) is 17.9 Å². The Morgan fingerprint density at radius 2 is 1.55 bits per heavy atom. The average Bonchev–Trinajstić information content (AvgIpc) is 3.01. The third kappa shape index (κ3) is 3.05. The van der Waals surface area contributed by atoms with E-state index in [9.17, 15) is 0 Å². The number of nitrogen functional groups attached to an aromatic ring is 1. The molecular formula is C17H21N3. The van der Waals surface area contributed by atoms with Crippen LogP contribution in [0.3, 0.4) is 0 Å². The Labute approximate surface area is 120 Å². The van der Waals surface area contributed by atoms with Gasteiger partial charge < -0.3 is 16.0 Å². The smallest absolute Gasteiger partial charge is 0.0400 e. The molecule has 0 aromatic heterocycles. The molecule has 0 saturated carbocycles. The summed E-state index contributed by atoms with van der Waals surface area (Å²) in [6.07, 6.45) is 2.63. The van der Waals surface area contributed by atoms with E-state index in [2.05, 4.69) is 46.6 Å². The largest absolute Gasteiger partial charge is 0.399 e. The van der Waals surface area contributed by atoms with E-state index in [1.807, 2.05) is 12.1 Å². The summed E-state index contributed by atoms with van der Waals surface area (Å²) < 4.78 is 0. The summed E-state index contributed by atoms with van der Waals surface area (Å²) in [4.78, 5) is 2.45. The standard InChI is InChI=1S/C17H21N3/c18-15-5-3-14(4-6-15)13-19-16-7-9-17(10-8-16)20-11-1-2-12-20/h3-10,19H,1-2,11-13,18H2. The molecule has 3 nitrogen and oxygen atoms in total. The highest BCUT2D eigenvalue weighted by atomic mass is 15.1. The lowest BCUT2D eigenvalue weighted by molar-refractivity contribution is 0.949. The van der Waals surface area contributed by atoms with Crippen molar-refractivity contribution in [1.82, 2.24) is 0 Å². The normalized spacial score (nSPS) is 14.5. The fourth-order valence-electron chi connectivity index (χ4n) is 2.61. The Kier molecular flexibility index (Phi) is 3.77. The summed E-state index contributed by atoms with van der Waals surface area (Å²) in [5, 5.41) is 3.44. The minimum absolute atomic E-state index is 0.809. The molecule has 0 bridgehead atoms. The van der Waals surface area contributed by atoms with Crippen LogP contribution in [0.2, 0.25) is 0 Å². The Morgan fingerprint density at radius 3 is 2.20 bits per heavy atom. The molecule has 104 valence electrons. The quantitative estimate of drug-likeness (QED) is 0.833. The molecule has 2 aromatic rings. The molecule has 0 unspecified atom stereocenters. The lowest BCUT2D eigenvalue weighted by atomic mass is 10.2. The van der Waals surface area contributed by atoms with E-state index in [4.69, 9.17) is 5.73 Å². The number of hydrogen-bond acceptors (Lipinski definition) is 3. The number of benzene rings is 2. The fraction of sp³-hybridized carbons (Fsp3) is 0.294. The molecule has 0 aliphatic carbocycles. The lowest BCUT2D eigenvalue weighted by Gasteiger charge is -2.18. The van der Waals surface area contributed by atoms with Crippen LogP contribution in [0.15, 0.2) is 48.5 Å². The van der Waals surface area contributed by atoms with Crippen LogP contribution >= 0.6 is 0 Å². The van der Waals surface area contributed by atoms with E-state index in [-0.39, 0.29) is 0 Å². The van der Waals surface area contributed by atoms with E-state index in [0.29, 0.717) is 0 Å². The van der Waals surface area contributed by atoms with Crippen LogP contribution in [0, 0.1) is 0 Å². The Balaban J connectivity index is 1.59. The Bertz CT molecular complexity index is 539. The first-order chi connectivity index (χ1) is 9.81. The molecule has 2 aromatic carbocycles. The van der Waals surface area contributed by atoms with Crippen molar-refractivity contribution >= 4 is 17.1 Å². The third-order valence-electron chi connectivity index (χ3n) is 3.81. The predicted molar refractivity (Wildman–Crippen MR) is 86.1 cm³/mol. The van der Waals surface area contributed by atoms with E-state index >= 15 is 0 Å². The summed E-state index contributed by atoms with van der Waals surface area (Å²) >= 11 is 0. The van der Waals surface area contributed by atoms with E-state index < -0.39 is 0 Å². The number of hydrogen-bond donors (Lipinski definition) is 2. The summed E-state index contributed by atoms with van der Waals surface area (Å²) in [5.74, 6) is 0. The van der Waals surface area contributed by atoms with Crippen LogP contribution in [0.4, 0.5) is 17.1 Å². The highest BCUT2D eigenvalue weighted by Gasteiger charge is 2.11. The number of anilines is 3. The maximum absolute atomic E-state index is 5.69. The monoisotopic (exact) mass is 267 g/mol. The van der Waals surface area contributed by atoms with Crippen molar-refractivity contribution in [2.24, 2.45) is 0 Å². The molecule has 1 heterocycles. The van der Waals surface area contributed by atoms with E-state index in [1.54, 1.807) is 0 Å². The van der Waals surface area contributed by atoms with Gasteiger partial charge in [-0.3, -0.25) is 0 Å². The predicted octanol–water partition coefficient (Wildman–Crippen LogP) is 3.48. The van der Waals surface area contributed by atoms with Gasteiger partial charge in [0.05, 0.1) is 0 Å². The lowest BCUT2D eigenvalue weighted by Crippen LogP contribution is -2.17. The van der Waals surface area contributed by atoms with Crippen LogP contribution in [-0.2, 0) is 6.54 Å². The maximum Gasteiger partial charge on any atom is 0.0400 e. The molecule has 0 spiro atoms. The second kappa shape index (κ2) is 5.87. The molecule has 3 heteroatoms. The van der Waals surface area contributed by atoms with Crippen LogP contribution in [0.25, 0.3) is 0 Å². The fourth-order valence-corrected chi connectivity index (χ4v) is 2.61. The first-order valence-electron chi connectivity index (χ1n) is 7.24. The van der Waals surface area contributed by atoms with Crippen molar-refractivity contribution in [3.05, 3.63) is 54.1 Å². The zero-order valence-corrected chi connectivity index (χ0v) is 11.7. The third-order valence-corrected chi connectivity index (χ3v) is 3.81. The highest BCUT2D eigenvalue weighted by Crippen LogP contribution is 2.22. The first kappa shape index (κ1) is 12.9. The molecule has 1 saturated heterocycles. The maximum atomic E-state index is 5.69. The van der Waals surface area contributed by atoms with Crippen LogP contribution < -0.4 is 16.0 Å². The highest BCUT2D eigenvalue weighted by molar-refractivity contribution is 5.55. The van der Waals surface area contributed by atoms with Crippen molar-refractivity contribution in [2.75, 3.05) is 29.0 Å². The molecule has 1 fully saturated rings. The first-order valence-corrected chi connectivity index (χ1v) is 7.24. The summed E-state index contributed by atoms with van der Waals surface area (Å²) in [5.41, 5.74) is 10.2. The zero-order chi connectivity index (χ0) is 13.8. The molecule has 0 amide bonds. The molecule has 1 aliphatic rings. The molecule has 0 atom stereocenters. The van der Waals surface area contributed by atoms with Gasteiger partial charge in [-0.25, -0.2) is 0 Å². The summed E-state index contributed by atoms with van der Waals surface area (Å²) in [6, 6.07) is 16.7. The van der Waals surface area contributed by atoms with Crippen molar-refractivity contribution < 1.29 is 0 Å². The topological polar surface area (TPSA) is 41.3 Å². The number of nitrogens with zero attached hydrogens (tertiary/aromatic N) is 1. The molecule has 0 radical (unpaired) electrons. The van der Waals surface area contributed by atoms with Gasteiger partial charge in [0.25, 0.3) is 0 Å². The van der Waals surface area contributed by atoms with Crippen LogP contribution in [-0.4, -0.2) is 13.1 Å². The van der Waals surface area contributed by atoms with Crippen LogP contribution in [0.1, 0.15) is 18.4 Å². The van der Waals surface area contributed by atoms with Gasteiger partial charge in [0.1, 0.15) is 0 Å². The molecule has 3 rings (SSSR count). The number of rotatable bonds is 4. The van der Waals surface area contributed by atoms with Crippen molar-refractivity contribution in [1.29, 1.82) is 0 Å². The molecule has 20 heavy (non-hydrogen) atoms. The van der Waals surface area contributed by atoms with Gasteiger partial charge in [-0.2, -0.15) is 0 Å². The van der Waals surface area contributed by atoms with Gasteiger partial charge in [0.15, 0.2) is 0 Å². The molecule has 1 aliphatic heterocycles. The second-order valence-electron chi connectivity index (χ2n) is 5.34. The number of nitrogens with one attached hydrogen (secondary N) is 1. The van der Waals surface area contributed by atoms with Gasteiger partial charge in [-0.05, 0) is 54.8 Å². The van der Waals surface area contributed by atoms with Crippen molar-refractivity contribution in [3.8, 4) is 0 Å². The van der Waals surface area contributed by atoms with Gasteiger partial charge in [0.2, 0.25) is 0 Å². The minimum Gasteiger partial charge on any atom is -0.399 e. The van der Waals surface area contributed by atoms with Gasteiger partial charge in [0, 0.05) is 36.7 Å². The number of nitrogens with two attached hydrogens (primary N) is 1. The van der Waals surface area contributed by atoms with Crippen molar-refractivity contribution in [2.45, 2.75) is 19.4 Å². The second-order valence-corrected chi connectivity index (χ2v) is 5.34. The summed E-state index contributed by atoms with van der Waals surface area (Å²) in [7, 11) is 0. The van der Waals surface area contributed by atoms with Gasteiger partial charge >= 0.3 is 0 Å². The van der Waals surface area contributed by atoms with E-state index in [1.165, 1.54) is 37.2 Å². The molecular weight excluding hydrogens is 246 g/mol. The van der Waals surface area contributed by atoms with Crippen molar-refractivity contribution in [3.63, 3.8) is 0 Å². The minimum atomic E-state index is 0.809. The average molecular weight is 267 g/mol. The Hall–Kier alpha value is -2.16. The summed E-state index contributed by atoms with van der Waals surface area (Å²) in [6.45, 7) is 3.21.